The van der Waals surface area contributed by atoms with E-state index in [4.69, 9.17) is 0 Å². The van der Waals surface area contributed by atoms with Gasteiger partial charge in [0, 0.05) is 0 Å². The van der Waals surface area contributed by atoms with Gasteiger partial charge in [-0.2, -0.15) is 0 Å². The third-order valence-electron chi connectivity index (χ3n) is 5.81. The van der Waals surface area contributed by atoms with Crippen LogP contribution in [0.25, 0.3) is 0 Å². The molecule has 4 aromatic carbocycles. The first-order valence-electron chi connectivity index (χ1n) is 11.5. The van der Waals surface area contributed by atoms with Crippen LogP contribution in [0, 0.1) is 0 Å². The van der Waals surface area contributed by atoms with Crippen LogP contribution in [0.2, 0.25) is 5.32 Å². The van der Waals surface area contributed by atoms with Gasteiger partial charge in [0.25, 0.3) is 0 Å². The molecular formula is C30H30NOPSe. The molecule has 2 nitrogen and oxygen atoms in total. The van der Waals surface area contributed by atoms with Crippen LogP contribution < -0.4 is 15.1 Å². The summed E-state index contributed by atoms with van der Waals surface area (Å²) in [6.07, 6.45) is 2.74. The average Bonchev–Trinajstić information content (AvgIpc) is 2.91. The summed E-state index contributed by atoms with van der Waals surface area (Å²) in [6.45, 7) is 4.61. The van der Waals surface area contributed by atoms with Gasteiger partial charge in [0.2, 0.25) is 0 Å². The van der Waals surface area contributed by atoms with Crippen molar-refractivity contribution in [3.8, 4) is 0 Å². The fourth-order valence-electron chi connectivity index (χ4n) is 4.18. The zero-order valence-corrected chi connectivity index (χ0v) is 21.8. The van der Waals surface area contributed by atoms with Gasteiger partial charge in [-0.15, -0.1) is 0 Å². The molecule has 1 unspecified atom stereocenters. The minimum atomic E-state index is -3.09. The molecule has 172 valence electrons. The molecule has 0 heterocycles. The number of hydrogen-bond donors (Lipinski definition) is 0. The molecule has 0 aromatic heterocycles. The molecule has 0 radical (unpaired) electrons. The molecule has 4 aromatic rings. The summed E-state index contributed by atoms with van der Waals surface area (Å²) in [4.78, 5) is 0. The van der Waals surface area contributed by atoms with Gasteiger partial charge in [-0.3, -0.25) is 0 Å². The third kappa shape index (κ3) is 5.87. The van der Waals surface area contributed by atoms with Crippen LogP contribution >= 0.6 is 7.29 Å². The van der Waals surface area contributed by atoms with E-state index in [0.29, 0.717) is 6.54 Å². The van der Waals surface area contributed by atoms with Crippen molar-refractivity contribution in [3.05, 3.63) is 140 Å². The summed E-state index contributed by atoms with van der Waals surface area (Å²) < 4.78 is 18.8. The van der Waals surface area contributed by atoms with Crippen LogP contribution in [0.1, 0.15) is 5.56 Å². The maximum atomic E-state index is 15.2. The van der Waals surface area contributed by atoms with Crippen molar-refractivity contribution in [1.29, 1.82) is 0 Å². The van der Waals surface area contributed by atoms with E-state index in [-0.39, 0.29) is 21.0 Å². The summed E-state index contributed by atoms with van der Waals surface area (Å²) >= 11 is 0.262. The fourth-order valence-corrected chi connectivity index (χ4v) is 9.60. The Morgan fingerprint density at radius 1 is 0.735 bits per heavy atom. The topological polar surface area (TPSA) is 20.3 Å². The van der Waals surface area contributed by atoms with Crippen LogP contribution in [0.15, 0.2) is 134 Å². The van der Waals surface area contributed by atoms with Crippen molar-refractivity contribution in [3.63, 3.8) is 0 Å². The molecule has 0 aliphatic rings. The Balaban J connectivity index is 1.79. The van der Waals surface area contributed by atoms with Crippen molar-refractivity contribution in [2.45, 2.75) is 17.8 Å². The molecule has 0 amide bonds. The Kier molecular flexibility index (Phi) is 8.74. The minimum absolute atomic E-state index is 0.104. The number of hydrogen-bond acceptors (Lipinski definition) is 1. The Morgan fingerprint density at radius 2 is 1.21 bits per heavy atom. The predicted molar refractivity (Wildman–Crippen MR) is 147 cm³/mol. The average molecular weight is 531 g/mol. The molecule has 34 heavy (non-hydrogen) atoms. The summed E-state index contributed by atoms with van der Waals surface area (Å²) in [5.41, 5.74) is 1.26. The van der Waals surface area contributed by atoms with E-state index in [1.807, 2.05) is 72.8 Å². The van der Waals surface area contributed by atoms with Gasteiger partial charge in [0.05, 0.1) is 0 Å². The second-order valence-electron chi connectivity index (χ2n) is 8.13. The monoisotopic (exact) mass is 531 g/mol. The molecule has 0 saturated carbocycles. The van der Waals surface area contributed by atoms with E-state index >= 15 is 4.57 Å². The summed E-state index contributed by atoms with van der Waals surface area (Å²) in [6, 6.07) is 41.2. The molecule has 1 atom stereocenters. The molecule has 0 aliphatic carbocycles. The normalized spacial score (nSPS) is 12.4. The summed E-state index contributed by atoms with van der Waals surface area (Å²) in [7, 11) is -3.09. The molecule has 0 bridgehead atoms. The second-order valence-corrected chi connectivity index (χ2v) is 13.1. The second kappa shape index (κ2) is 12.2. The van der Waals surface area contributed by atoms with Gasteiger partial charge in [0.1, 0.15) is 0 Å². The zero-order chi connectivity index (χ0) is 23.6. The van der Waals surface area contributed by atoms with Gasteiger partial charge < -0.3 is 0 Å². The third-order valence-corrected chi connectivity index (χ3v) is 11.4. The first-order valence-corrected chi connectivity index (χ1v) is 15.3. The molecule has 4 heteroatoms. The van der Waals surface area contributed by atoms with E-state index in [1.54, 1.807) is 0 Å². The van der Waals surface area contributed by atoms with Crippen molar-refractivity contribution >= 4 is 37.3 Å². The molecule has 4 rings (SSSR count). The molecule has 0 aliphatic heterocycles. The van der Waals surface area contributed by atoms with Crippen LogP contribution in [-0.2, 0) is 11.0 Å². The molecule has 0 saturated heterocycles. The van der Waals surface area contributed by atoms with E-state index in [9.17, 15) is 0 Å². The van der Waals surface area contributed by atoms with Gasteiger partial charge in [-0.1, -0.05) is 0 Å². The first kappa shape index (κ1) is 24.5. The van der Waals surface area contributed by atoms with Gasteiger partial charge >= 0.3 is 210 Å². The van der Waals surface area contributed by atoms with Crippen LogP contribution in [-0.4, -0.2) is 32.2 Å². The van der Waals surface area contributed by atoms with Gasteiger partial charge in [-0.05, 0) is 0 Å². The Bertz CT molecular complexity index is 1160. The zero-order valence-electron chi connectivity index (χ0n) is 19.2. The van der Waals surface area contributed by atoms with Crippen molar-refractivity contribution in [2.75, 3.05) is 6.54 Å². The molecule has 0 spiro atoms. The quantitative estimate of drug-likeness (QED) is 0.146. The van der Waals surface area contributed by atoms with E-state index in [1.165, 1.54) is 10.0 Å². The molecule has 0 N–H and O–H groups in total. The predicted octanol–water partition coefficient (Wildman–Crippen LogP) is 5.46. The number of nitrogens with zero attached hydrogens (tertiary/aromatic N) is 1. The Hall–Kier alpha value is -2.67. The van der Waals surface area contributed by atoms with Crippen LogP contribution in [0.4, 0.5) is 0 Å². The van der Waals surface area contributed by atoms with E-state index in [2.05, 4.69) is 65.8 Å². The Morgan fingerprint density at radius 3 is 1.71 bits per heavy atom. The first-order chi connectivity index (χ1) is 16.7. The SMILES string of the molecule is C=CCN(C(C[Se]c1ccccc1)Cc1ccccc1)P(=O)(c1ccccc1)c1ccccc1. The van der Waals surface area contributed by atoms with Gasteiger partial charge in [0.15, 0.2) is 0 Å². The molecule has 0 fully saturated rings. The van der Waals surface area contributed by atoms with Crippen molar-refractivity contribution in [1.82, 2.24) is 4.67 Å². The Labute approximate surface area is 209 Å². The van der Waals surface area contributed by atoms with Crippen molar-refractivity contribution in [2.24, 2.45) is 0 Å². The summed E-state index contributed by atoms with van der Waals surface area (Å²) in [5.74, 6) is 0. The van der Waals surface area contributed by atoms with Gasteiger partial charge in [-0.25, -0.2) is 0 Å². The summed E-state index contributed by atoms with van der Waals surface area (Å²) in [5, 5.41) is 2.70. The fraction of sp³-hybridized carbons (Fsp3) is 0.133. The van der Waals surface area contributed by atoms with Crippen LogP contribution in [0.5, 0.6) is 0 Å². The van der Waals surface area contributed by atoms with E-state index in [0.717, 1.165) is 22.3 Å². The van der Waals surface area contributed by atoms with Crippen LogP contribution in [0.3, 0.4) is 0 Å². The maximum absolute atomic E-state index is 15.2. The van der Waals surface area contributed by atoms with E-state index < -0.39 is 7.29 Å². The number of rotatable bonds is 11. The number of benzene rings is 4. The molecular weight excluding hydrogens is 500 g/mol. The van der Waals surface area contributed by atoms with Crippen molar-refractivity contribution < 1.29 is 4.57 Å². The standard InChI is InChI=1S/C30H30NOPSe/c1-2-23-31(33(32,28-17-9-4-10-18-28)29-19-11-5-12-20-29)27(24-26-15-7-3-8-16-26)25-34-30-21-13-6-14-22-30/h2-22,27H,1,23-25H2.